The lowest BCUT2D eigenvalue weighted by molar-refractivity contribution is -0.149. The number of fused-ring (bicyclic) bond motifs is 2. The van der Waals surface area contributed by atoms with Gasteiger partial charge in [0.1, 0.15) is 17.6 Å². The van der Waals surface area contributed by atoms with E-state index in [4.69, 9.17) is 0 Å². The Hall–Kier alpha value is -2.22. The summed E-state index contributed by atoms with van der Waals surface area (Å²) in [5.74, 6) is -0.706. The molecule has 2 fully saturated rings. The van der Waals surface area contributed by atoms with Gasteiger partial charge in [0.05, 0.1) is 16.1 Å². The molecule has 0 aromatic carbocycles. The minimum Gasteiger partial charge on any atom is -0.481 e. The molecular formula is C16H18N4O3S. The molecule has 8 heteroatoms. The Morgan fingerprint density at radius 1 is 1.46 bits per heavy atom. The van der Waals surface area contributed by atoms with Gasteiger partial charge in [-0.15, -0.1) is 11.3 Å². The maximum atomic E-state index is 12.7. The van der Waals surface area contributed by atoms with Crippen LogP contribution in [0.4, 0.5) is 5.82 Å². The highest BCUT2D eigenvalue weighted by Crippen LogP contribution is 2.46. The van der Waals surface area contributed by atoms with Crippen molar-refractivity contribution in [3.63, 3.8) is 0 Å². The molecule has 2 saturated heterocycles. The summed E-state index contributed by atoms with van der Waals surface area (Å²) in [6.45, 7) is 3.61. The third kappa shape index (κ3) is 2.02. The van der Waals surface area contributed by atoms with Crippen molar-refractivity contribution in [1.29, 1.82) is 0 Å². The van der Waals surface area contributed by atoms with E-state index in [2.05, 4.69) is 9.97 Å². The number of amides is 1. The van der Waals surface area contributed by atoms with Crippen molar-refractivity contribution in [3.8, 4) is 0 Å². The molecule has 2 aromatic rings. The number of carbonyl (C=O) groups excluding carboxylic acids is 1. The van der Waals surface area contributed by atoms with E-state index in [-0.39, 0.29) is 12.5 Å². The van der Waals surface area contributed by atoms with Gasteiger partial charge in [0.15, 0.2) is 0 Å². The van der Waals surface area contributed by atoms with Gasteiger partial charge in [-0.1, -0.05) is 6.92 Å². The van der Waals surface area contributed by atoms with E-state index in [0.29, 0.717) is 19.6 Å². The molecule has 24 heavy (non-hydrogen) atoms. The van der Waals surface area contributed by atoms with Gasteiger partial charge < -0.3 is 14.9 Å². The van der Waals surface area contributed by atoms with Gasteiger partial charge in [0.25, 0.3) is 0 Å². The van der Waals surface area contributed by atoms with E-state index in [1.54, 1.807) is 4.90 Å². The minimum absolute atomic E-state index is 0.0433. The number of aromatic nitrogens is 2. The Kier molecular flexibility index (Phi) is 3.45. The maximum Gasteiger partial charge on any atom is 0.314 e. The van der Waals surface area contributed by atoms with Gasteiger partial charge in [0.2, 0.25) is 5.91 Å². The van der Waals surface area contributed by atoms with Crippen LogP contribution in [0.5, 0.6) is 0 Å². The lowest BCUT2D eigenvalue weighted by atomic mass is 9.81. The lowest BCUT2D eigenvalue weighted by Gasteiger charge is -2.25. The maximum absolute atomic E-state index is 12.7. The summed E-state index contributed by atoms with van der Waals surface area (Å²) >= 11 is 1.54. The lowest BCUT2D eigenvalue weighted by Crippen LogP contribution is -2.41. The molecular weight excluding hydrogens is 328 g/mol. The summed E-state index contributed by atoms with van der Waals surface area (Å²) in [7, 11) is 0. The summed E-state index contributed by atoms with van der Waals surface area (Å²) < 4.78 is 0.941. The first-order valence-corrected chi connectivity index (χ1v) is 8.90. The van der Waals surface area contributed by atoms with Gasteiger partial charge in [0, 0.05) is 26.2 Å². The highest BCUT2D eigenvalue weighted by atomic mass is 32.1. The van der Waals surface area contributed by atoms with Crippen molar-refractivity contribution in [2.75, 3.05) is 31.1 Å². The van der Waals surface area contributed by atoms with Crippen molar-refractivity contribution >= 4 is 39.2 Å². The molecule has 2 aromatic heterocycles. The second kappa shape index (κ2) is 5.41. The van der Waals surface area contributed by atoms with Crippen LogP contribution in [0.1, 0.15) is 13.3 Å². The average Bonchev–Trinajstić information content (AvgIpc) is 3.23. The largest absolute Gasteiger partial charge is 0.481 e. The van der Waals surface area contributed by atoms with Gasteiger partial charge in [-0.3, -0.25) is 9.59 Å². The molecule has 1 N–H and O–H groups in total. The molecule has 0 aliphatic carbocycles. The Bertz CT molecular complexity index is 823. The van der Waals surface area contributed by atoms with Crippen molar-refractivity contribution in [3.05, 3.63) is 17.8 Å². The van der Waals surface area contributed by atoms with Crippen LogP contribution in [-0.2, 0) is 9.59 Å². The number of rotatable bonds is 4. The zero-order chi connectivity index (χ0) is 16.9. The fourth-order valence-electron chi connectivity index (χ4n) is 3.93. The minimum atomic E-state index is -1.04. The summed E-state index contributed by atoms with van der Waals surface area (Å²) in [4.78, 5) is 37.0. The molecule has 0 saturated carbocycles. The zero-order valence-electron chi connectivity index (χ0n) is 13.3. The van der Waals surface area contributed by atoms with Crippen LogP contribution < -0.4 is 4.90 Å². The molecule has 4 rings (SSSR count). The molecule has 7 nitrogen and oxygen atoms in total. The van der Waals surface area contributed by atoms with Crippen LogP contribution in [0.15, 0.2) is 17.8 Å². The van der Waals surface area contributed by atoms with Gasteiger partial charge in [-0.25, -0.2) is 9.97 Å². The smallest absolute Gasteiger partial charge is 0.314 e. The Morgan fingerprint density at radius 3 is 3.00 bits per heavy atom. The quantitative estimate of drug-likeness (QED) is 0.902. The zero-order valence-corrected chi connectivity index (χ0v) is 14.1. The monoisotopic (exact) mass is 346 g/mol. The van der Waals surface area contributed by atoms with E-state index in [9.17, 15) is 14.7 Å². The molecule has 2 aliphatic rings. The summed E-state index contributed by atoms with van der Waals surface area (Å²) in [6.07, 6.45) is 2.33. The van der Waals surface area contributed by atoms with Crippen LogP contribution in [0, 0.1) is 11.3 Å². The number of hydrogen-bond acceptors (Lipinski definition) is 6. The SMILES string of the molecule is CCCN1C[C@@]2(C(=O)O)CN(c3ncnc4ccsc34)C[C@H]2C1=O. The first kappa shape index (κ1) is 15.3. The van der Waals surface area contributed by atoms with Gasteiger partial charge in [-0.05, 0) is 17.9 Å². The standard InChI is InChI=1S/C16H18N4O3S/c1-2-4-19-7-16(15(22)23)8-20(6-10(16)14(19)21)13-12-11(3-5-24-12)17-9-18-13/h3,5,9-10H,2,4,6-8H2,1H3,(H,22,23)/t10-,16+/m0/s1. The predicted molar refractivity (Wildman–Crippen MR) is 90.1 cm³/mol. The average molecular weight is 346 g/mol. The number of aliphatic carboxylic acids is 1. The van der Waals surface area contributed by atoms with Crippen molar-refractivity contribution in [1.82, 2.24) is 14.9 Å². The summed E-state index contributed by atoms with van der Waals surface area (Å²) in [5, 5.41) is 11.8. The summed E-state index contributed by atoms with van der Waals surface area (Å²) in [5.41, 5.74) is -0.189. The van der Waals surface area contributed by atoms with Crippen LogP contribution in [-0.4, -0.2) is 58.0 Å². The number of carboxylic acid groups (broad SMARTS) is 1. The van der Waals surface area contributed by atoms with Gasteiger partial charge >= 0.3 is 5.97 Å². The van der Waals surface area contributed by atoms with Crippen molar-refractivity contribution in [2.45, 2.75) is 13.3 Å². The second-order valence-corrected chi connectivity index (χ2v) is 7.40. The highest BCUT2D eigenvalue weighted by Gasteiger charge is 2.62. The number of likely N-dealkylation sites (tertiary alicyclic amines) is 1. The molecule has 0 radical (unpaired) electrons. The van der Waals surface area contributed by atoms with Gasteiger partial charge in [-0.2, -0.15) is 0 Å². The van der Waals surface area contributed by atoms with E-state index in [1.807, 2.05) is 23.3 Å². The van der Waals surface area contributed by atoms with E-state index >= 15 is 0 Å². The predicted octanol–water partition coefficient (Wildman–Crippen LogP) is 1.45. The molecule has 0 spiro atoms. The topological polar surface area (TPSA) is 86.6 Å². The Balaban J connectivity index is 1.71. The molecule has 126 valence electrons. The molecule has 1 amide bonds. The molecule has 0 bridgehead atoms. The highest BCUT2D eigenvalue weighted by molar-refractivity contribution is 7.17. The molecule has 4 heterocycles. The van der Waals surface area contributed by atoms with Crippen molar-refractivity contribution < 1.29 is 14.7 Å². The third-order valence-electron chi connectivity index (χ3n) is 5.07. The van der Waals surface area contributed by atoms with Crippen molar-refractivity contribution in [2.24, 2.45) is 11.3 Å². The normalized spacial score (nSPS) is 26.4. The van der Waals surface area contributed by atoms with E-state index in [1.165, 1.54) is 17.7 Å². The number of carbonyl (C=O) groups is 2. The Labute approximate surface area is 142 Å². The molecule has 0 unspecified atom stereocenters. The molecule has 2 atom stereocenters. The Morgan fingerprint density at radius 2 is 2.29 bits per heavy atom. The van der Waals surface area contributed by atoms with Crippen LogP contribution >= 0.6 is 11.3 Å². The fourth-order valence-corrected chi connectivity index (χ4v) is 4.79. The number of hydrogen-bond donors (Lipinski definition) is 1. The summed E-state index contributed by atoms with van der Waals surface area (Å²) in [6, 6.07) is 1.92. The van der Waals surface area contributed by atoms with Crippen LogP contribution in [0.25, 0.3) is 10.2 Å². The second-order valence-electron chi connectivity index (χ2n) is 6.49. The first-order chi connectivity index (χ1) is 11.6. The number of nitrogens with zero attached hydrogens (tertiary/aromatic N) is 4. The van der Waals surface area contributed by atoms with E-state index < -0.39 is 17.3 Å². The van der Waals surface area contributed by atoms with Crippen LogP contribution in [0.2, 0.25) is 0 Å². The number of carboxylic acids is 1. The number of thiophene rings is 1. The van der Waals surface area contributed by atoms with Crippen LogP contribution in [0.3, 0.4) is 0 Å². The first-order valence-electron chi connectivity index (χ1n) is 8.02. The fraction of sp³-hybridized carbons (Fsp3) is 0.500. The molecule has 2 aliphatic heterocycles. The van der Waals surface area contributed by atoms with E-state index in [0.717, 1.165) is 22.5 Å². The number of anilines is 1. The third-order valence-corrected chi connectivity index (χ3v) is 5.97.